The van der Waals surface area contributed by atoms with Crippen molar-refractivity contribution in [2.75, 3.05) is 19.7 Å². The molecule has 2 fully saturated rings. The van der Waals surface area contributed by atoms with Crippen LogP contribution < -0.4 is 5.32 Å². The molecule has 2 atom stereocenters. The molecule has 2 aliphatic rings. The first-order chi connectivity index (χ1) is 5.31. The van der Waals surface area contributed by atoms with Crippen molar-refractivity contribution < 1.29 is 9.13 Å². The maximum Gasteiger partial charge on any atom is 0.123 e. The summed E-state index contributed by atoms with van der Waals surface area (Å²) >= 11 is 0. The molecule has 2 nitrogen and oxygen atoms in total. The van der Waals surface area contributed by atoms with Gasteiger partial charge < -0.3 is 10.1 Å². The van der Waals surface area contributed by atoms with Crippen molar-refractivity contribution in [3.05, 3.63) is 0 Å². The molecule has 1 spiro atoms. The molecule has 0 amide bonds. The highest BCUT2D eigenvalue weighted by molar-refractivity contribution is 4.92. The molecule has 0 aliphatic carbocycles. The largest absolute Gasteiger partial charge is 0.371 e. The Morgan fingerprint density at radius 2 is 2.36 bits per heavy atom. The van der Waals surface area contributed by atoms with Crippen LogP contribution in [0.5, 0.6) is 0 Å². The Bertz CT molecular complexity index is 135. The monoisotopic (exact) mass is 159 g/mol. The van der Waals surface area contributed by atoms with Gasteiger partial charge in [0.15, 0.2) is 0 Å². The topological polar surface area (TPSA) is 21.3 Å². The molecule has 0 bridgehead atoms. The third-order valence-electron chi connectivity index (χ3n) is 2.69. The second-order valence-corrected chi connectivity index (χ2v) is 3.56. The van der Waals surface area contributed by atoms with E-state index in [9.17, 15) is 4.39 Å². The molecule has 0 aromatic rings. The Morgan fingerprint density at radius 1 is 1.45 bits per heavy atom. The Morgan fingerprint density at radius 3 is 2.91 bits per heavy atom. The van der Waals surface area contributed by atoms with Gasteiger partial charge in [0.05, 0.1) is 12.2 Å². The lowest BCUT2D eigenvalue weighted by atomic mass is 9.92. The van der Waals surface area contributed by atoms with E-state index in [1.807, 2.05) is 0 Å². The second kappa shape index (κ2) is 2.72. The molecule has 2 saturated heterocycles. The lowest BCUT2D eigenvalue weighted by Crippen LogP contribution is -2.41. The van der Waals surface area contributed by atoms with Gasteiger partial charge in [-0.25, -0.2) is 4.39 Å². The lowest BCUT2D eigenvalue weighted by Gasteiger charge is -2.34. The van der Waals surface area contributed by atoms with E-state index in [1.165, 1.54) is 0 Å². The summed E-state index contributed by atoms with van der Waals surface area (Å²) in [5.74, 6) is 0. The van der Waals surface area contributed by atoms with E-state index in [0.29, 0.717) is 13.0 Å². The van der Waals surface area contributed by atoms with Crippen LogP contribution in [0, 0.1) is 0 Å². The normalized spacial score (nSPS) is 45.0. The predicted octanol–water partition coefficient (Wildman–Crippen LogP) is 0.867. The van der Waals surface area contributed by atoms with E-state index in [4.69, 9.17) is 4.74 Å². The number of alkyl halides is 1. The van der Waals surface area contributed by atoms with Gasteiger partial charge in [0, 0.05) is 6.54 Å². The van der Waals surface area contributed by atoms with Crippen molar-refractivity contribution in [1.29, 1.82) is 0 Å². The molecule has 64 valence electrons. The van der Waals surface area contributed by atoms with Crippen LogP contribution in [0.15, 0.2) is 0 Å². The molecule has 2 rings (SSSR count). The molecule has 0 saturated carbocycles. The summed E-state index contributed by atoms with van der Waals surface area (Å²) in [6.45, 7) is 2.25. The van der Waals surface area contributed by atoms with Crippen LogP contribution in [0.4, 0.5) is 4.39 Å². The fraction of sp³-hybridized carbons (Fsp3) is 1.00. The third-order valence-corrected chi connectivity index (χ3v) is 2.69. The number of hydrogen-bond acceptors (Lipinski definition) is 2. The number of hydrogen-bond donors (Lipinski definition) is 1. The average molecular weight is 159 g/mol. The molecule has 11 heavy (non-hydrogen) atoms. The smallest absolute Gasteiger partial charge is 0.123 e. The number of ether oxygens (including phenoxy) is 1. The summed E-state index contributed by atoms with van der Waals surface area (Å²) in [5.41, 5.74) is 0.00257. The van der Waals surface area contributed by atoms with Crippen molar-refractivity contribution in [1.82, 2.24) is 5.32 Å². The van der Waals surface area contributed by atoms with Crippen LogP contribution in [0.1, 0.15) is 19.3 Å². The van der Waals surface area contributed by atoms with Gasteiger partial charge in [-0.15, -0.1) is 0 Å². The van der Waals surface area contributed by atoms with Gasteiger partial charge >= 0.3 is 0 Å². The van der Waals surface area contributed by atoms with E-state index >= 15 is 0 Å². The molecule has 0 aromatic heterocycles. The summed E-state index contributed by atoms with van der Waals surface area (Å²) in [5, 5.41) is 3.25. The van der Waals surface area contributed by atoms with Gasteiger partial charge in [-0.3, -0.25) is 0 Å². The first-order valence-electron chi connectivity index (χ1n) is 4.30. The summed E-state index contributed by atoms with van der Waals surface area (Å²) < 4.78 is 18.2. The first kappa shape index (κ1) is 7.50. The summed E-state index contributed by atoms with van der Waals surface area (Å²) in [7, 11) is 0. The fourth-order valence-corrected chi connectivity index (χ4v) is 1.90. The van der Waals surface area contributed by atoms with Crippen molar-refractivity contribution >= 4 is 0 Å². The van der Waals surface area contributed by atoms with E-state index in [-0.39, 0.29) is 5.60 Å². The van der Waals surface area contributed by atoms with Gasteiger partial charge in [0.2, 0.25) is 0 Å². The third kappa shape index (κ3) is 1.40. The molecule has 0 aromatic carbocycles. The lowest BCUT2D eigenvalue weighted by molar-refractivity contribution is -0.0931. The molecular formula is C8H14FNO. The SMILES string of the molecule is FC1CCC2(CCNC2)OC1. The van der Waals surface area contributed by atoms with Crippen LogP contribution >= 0.6 is 0 Å². The van der Waals surface area contributed by atoms with Crippen molar-refractivity contribution in [2.45, 2.75) is 31.0 Å². The maximum absolute atomic E-state index is 12.7. The van der Waals surface area contributed by atoms with E-state index in [1.54, 1.807) is 0 Å². The minimum absolute atomic E-state index is 0.00257. The average Bonchev–Trinajstić information content (AvgIpc) is 2.45. The molecule has 2 aliphatic heterocycles. The minimum Gasteiger partial charge on any atom is -0.371 e. The zero-order valence-electron chi connectivity index (χ0n) is 6.61. The van der Waals surface area contributed by atoms with Crippen LogP contribution in [0.3, 0.4) is 0 Å². The van der Waals surface area contributed by atoms with E-state index in [0.717, 1.165) is 25.9 Å². The van der Waals surface area contributed by atoms with E-state index < -0.39 is 6.17 Å². The summed E-state index contributed by atoms with van der Waals surface area (Å²) in [4.78, 5) is 0. The van der Waals surface area contributed by atoms with Crippen molar-refractivity contribution in [3.8, 4) is 0 Å². The molecule has 2 unspecified atom stereocenters. The van der Waals surface area contributed by atoms with Crippen LogP contribution in [0.25, 0.3) is 0 Å². The quantitative estimate of drug-likeness (QED) is 0.566. The van der Waals surface area contributed by atoms with Crippen LogP contribution in [-0.2, 0) is 4.74 Å². The Kier molecular flexibility index (Phi) is 1.85. The highest BCUT2D eigenvalue weighted by atomic mass is 19.1. The molecule has 3 heteroatoms. The molecule has 2 heterocycles. The number of nitrogens with one attached hydrogen (secondary N) is 1. The second-order valence-electron chi connectivity index (χ2n) is 3.56. The van der Waals surface area contributed by atoms with Gasteiger partial charge in [-0.1, -0.05) is 0 Å². The van der Waals surface area contributed by atoms with Crippen LogP contribution in [0.2, 0.25) is 0 Å². The van der Waals surface area contributed by atoms with Gasteiger partial charge in [0.25, 0.3) is 0 Å². The molecule has 0 radical (unpaired) electrons. The van der Waals surface area contributed by atoms with Crippen LogP contribution in [-0.4, -0.2) is 31.5 Å². The Hall–Kier alpha value is -0.150. The Labute approximate surface area is 66.1 Å². The minimum atomic E-state index is -0.721. The zero-order chi connectivity index (χ0) is 7.73. The molecular weight excluding hydrogens is 145 g/mol. The zero-order valence-corrected chi connectivity index (χ0v) is 6.61. The number of rotatable bonds is 0. The predicted molar refractivity (Wildman–Crippen MR) is 40.3 cm³/mol. The van der Waals surface area contributed by atoms with Crippen molar-refractivity contribution in [2.24, 2.45) is 0 Å². The number of halogens is 1. The highest BCUT2D eigenvalue weighted by Crippen LogP contribution is 2.31. The fourth-order valence-electron chi connectivity index (χ4n) is 1.90. The first-order valence-corrected chi connectivity index (χ1v) is 4.30. The summed E-state index contributed by atoms with van der Waals surface area (Å²) in [6, 6.07) is 0. The molecule has 1 N–H and O–H groups in total. The summed E-state index contributed by atoms with van der Waals surface area (Å²) in [6.07, 6.45) is 1.91. The van der Waals surface area contributed by atoms with Gasteiger partial charge in [-0.2, -0.15) is 0 Å². The highest BCUT2D eigenvalue weighted by Gasteiger charge is 2.38. The maximum atomic E-state index is 12.7. The Balaban J connectivity index is 1.94. The van der Waals surface area contributed by atoms with E-state index in [2.05, 4.69) is 5.32 Å². The van der Waals surface area contributed by atoms with Gasteiger partial charge in [-0.05, 0) is 25.8 Å². The standard InChI is InChI=1S/C8H14FNO/c9-7-1-2-8(11-5-7)3-4-10-6-8/h7,10H,1-6H2. The van der Waals surface area contributed by atoms with Gasteiger partial charge in [0.1, 0.15) is 6.17 Å². The van der Waals surface area contributed by atoms with Crippen molar-refractivity contribution in [3.63, 3.8) is 0 Å².